The summed E-state index contributed by atoms with van der Waals surface area (Å²) in [6, 6.07) is 24.9. The highest BCUT2D eigenvalue weighted by atomic mass is 35.5. The number of halogens is 3. The van der Waals surface area contributed by atoms with Crippen LogP contribution < -0.4 is 14.4 Å². The minimum absolute atomic E-state index is 0.000659. The summed E-state index contributed by atoms with van der Waals surface area (Å²) in [5.74, 6) is 0.558. The summed E-state index contributed by atoms with van der Waals surface area (Å²) in [6.07, 6.45) is 0. The number of hydrogen-bond donors (Lipinski definition) is 1. The fraction of sp³-hybridized carbons (Fsp3) is 0.138. The predicted octanol–water partition coefficient (Wildman–Crippen LogP) is 7.20. The van der Waals surface area contributed by atoms with Gasteiger partial charge in [0.15, 0.2) is 0 Å². The number of ether oxygens (including phenoxy) is 1. The van der Waals surface area contributed by atoms with Crippen LogP contribution in [0.4, 0.5) is 11.4 Å². The van der Waals surface area contributed by atoms with E-state index in [1.54, 1.807) is 29.2 Å². The summed E-state index contributed by atoms with van der Waals surface area (Å²) in [7, 11) is -4.03. The fourth-order valence-electron chi connectivity index (χ4n) is 4.36. The van der Waals surface area contributed by atoms with E-state index in [1.807, 2.05) is 24.3 Å². The molecule has 0 unspecified atom stereocenters. The zero-order chi connectivity index (χ0) is 28.3. The number of carbonyl (C=O) groups is 1. The summed E-state index contributed by atoms with van der Waals surface area (Å²) in [6.45, 7) is 2.05. The topological polar surface area (TPSA) is 78.9 Å². The first-order chi connectivity index (χ1) is 19.2. The molecule has 40 heavy (non-hydrogen) atoms. The zero-order valence-corrected chi connectivity index (χ0v) is 24.1. The number of nitrogens with zero attached hydrogens (tertiary/aromatic N) is 2. The van der Waals surface area contributed by atoms with Crippen LogP contribution in [-0.2, 0) is 10.0 Å². The van der Waals surface area contributed by atoms with E-state index in [1.165, 1.54) is 42.5 Å². The molecule has 0 spiro atoms. The van der Waals surface area contributed by atoms with Crippen molar-refractivity contribution in [2.45, 2.75) is 4.90 Å². The number of piperazine rings is 1. The van der Waals surface area contributed by atoms with Crippen molar-refractivity contribution in [2.75, 3.05) is 35.8 Å². The largest absolute Gasteiger partial charge is 0.456 e. The van der Waals surface area contributed by atoms with E-state index >= 15 is 0 Å². The first-order valence-corrected chi connectivity index (χ1v) is 15.0. The van der Waals surface area contributed by atoms with Crippen LogP contribution in [0.25, 0.3) is 0 Å². The number of rotatable bonds is 7. The third-order valence-electron chi connectivity index (χ3n) is 6.41. The molecular formula is C29H24Cl3N3O4S. The number of carbonyl (C=O) groups excluding carboxylic acids is 1. The van der Waals surface area contributed by atoms with Crippen molar-refractivity contribution in [3.63, 3.8) is 0 Å². The Morgan fingerprint density at radius 1 is 0.775 bits per heavy atom. The predicted molar refractivity (Wildman–Crippen MR) is 160 cm³/mol. The third-order valence-corrected chi connectivity index (χ3v) is 8.66. The second-order valence-electron chi connectivity index (χ2n) is 9.03. The van der Waals surface area contributed by atoms with Crippen LogP contribution >= 0.6 is 34.8 Å². The van der Waals surface area contributed by atoms with Gasteiger partial charge in [-0.2, -0.15) is 0 Å². The first-order valence-electron chi connectivity index (χ1n) is 12.3. The molecule has 1 saturated heterocycles. The van der Waals surface area contributed by atoms with Crippen LogP contribution in [0, 0.1) is 0 Å². The molecule has 1 heterocycles. The third kappa shape index (κ3) is 6.31. The van der Waals surface area contributed by atoms with Crippen molar-refractivity contribution in [1.29, 1.82) is 0 Å². The average Bonchev–Trinajstić information content (AvgIpc) is 2.95. The molecule has 1 aliphatic rings. The summed E-state index contributed by atoms with van der Waals surface area (Å²) < 4.78 is 34.8. The number of benzene rings is 4. The maximum Gasteiger partial charge on any atom is 0.261 e. The maximum atomic E-state index is 13.5. The monoisotopic (exact) mass is 615 g/mol. The van der Waals surface area contributed by atoms with Crippen LogP contribution in [0.3, 0.4) is 0 Å². The van der Waals surface area contributed by atoms with Gasteiger partial charge in [-0.15, -0.1) is 0 Å². The van der Waals surface area contributed by atoms with Crippen molar-refractivity contribution >= 4 is 62.1 Å². The highest BCUT2D eigenvalue weighted by molar-refractivity contribution is 7.92. The highest BCUT2D eigenvalue weighted by Gasteiger charge is 2.26. The lowest BCUT2D eigenvalue weighted by Crippen LogP contribution is -2.49. The van der Waals surface area contributed by atoms with Gasteiger partial charge >= 0.3 is 0 Å². The molecule has 1 fully saturated rings. The summed E-state index contributed by atoms with van der Waals surface area (Å²) in [4.78, 5) is 17.3. The normalized spacial score (nSPS) is 13.7. The molecule has 4 aromatic carbocycles. The van der Waals surface area contributed by atoms with Gasteiger partial charge in [-0.1, -0.05) is 59.1 Å². The second-order valence-corrected chi connectivity index (χ2v) is 12.0. The number of amides is 1. The molecule has 1 aliphatic heterocycles. The Hall–Kier alpha value is -3.43. The van der Waals surface area contributed by atoms with Crippen LogP contribution in [-0.4, -0.2) is 45.4 Å². The molecule has 5 rings (SSSR count). The second kappa shape index (κ2) is 12.0. The number of para-hydroxylation sites is 2. The Morgan fingerprint density at radius 3 is 2.10 bits per heavy atom. The fourth-order valence-corrected chi connectivity index (χ4v) is 6.04. The van der Waals surface area contributed by atoms with Gasteiger partial charge in [-0.3, -0.25) is 9.52 Å². The van der Waals surface area contributed by atoms with E-state index in [0.717, 1.165) is 5.69 Å². The van der Waals surface area contributed by atoms with Crippen LogP contribution in [0.15, 0.2) is 95.9 Å². The number of hydrogen-bond acceptors (Lipinski definition) is 5. The van der Waals surface area contributed by atoms with Crippen molar-refractivity contribution in [3.05, 3.63) is 112 Å². The molecule has 1 amide bonds. The summed E-state index contributed by atoms with van der Waals surface area (Å²) in [5, 5.41) is 1.41. The van der Waals surface area contributed by atoms with Crippen molar-refractivity contribution in [3.8, 4) is 11.5 Å². The van der Waals surface area contributed by atoms with Gasteiger partial charge in [0, 0.05) is 31.2 Å². The molecule has 11 heteroatoms. The number of anilines is 2. The Balaban J connectivity index is 1.30. The average molecular weight is 617 g/mol. The van der Waals surface area contributed by atoms with Gasteiger partial charge in [-0.05, 0) is 66.7 Å². The quantitative estimate of drug-likeness (QED) is 0.238. The van der Waals surface area contributed by atoms with E-state index in [-0.39, 0.29) is 22.1 Å². The van der Waals surface area contributed by atoms with Gasteiger partial charge in [0.1, 0.15) is 11.5 Å². The lowest BCUT2D eigenvalue weighted by Gasteiger charge is -2.36. The van der Waals surface area contributed by atoms with E-state index in [9.17, 15) is 13.2 Å². The minimum Gasteiger partial charge on any atom is -0.456 e. The Bertz CT molecular complexity index is 1640. The van der Waals surface area contributed by atoms with Gasteiger partial charge in [-0.25, -0.2) is 8.42 Å². The van der Waals surface area contributed by atoms with Crippen LogP contribution in [0.2, 0.25) is 15.1 Å². The molecular weight excluding hydrogens is 593 g/mol. The lowest BCUT2D eigenvalue weighted by atomic mass is 10.1. The molecule has 0 bridgehead atoms. The van der Waals surface area contributed by atoms with Crippen molar-refractivity contribution in [2.24, 2.45) is 0 Å². The van der Waals surface area contributed by atoms with E-state index in [4.69, 9.17) is 39.5 Å². The van der Waals surface area contributed by atoms with Gasteiger partial charge < -0.3 is 14.5 Å². The summed E-state index contributed by atoms with van der Waals surface area (Å²) in [5.41, 5.74) is 1.22. The SMILES string of the molecule is O=C(c1cc(Cl)ccc1NS(=O)(=O)c1ccc(Oc2ccccc2Cl)cc1)N1CCN(c2ccccc2Cl)CC1. The molecule has 0 saturated carbocycles. The zero-order valence-electron chi connectivity index (χ0n) is 21.1. The first kappa shape index (κ1) is 28.1. The Kier molecular flexibility index (Phi) is 8.42. The van der Waals surface area contributed by atoms with E-state index < -0.39 is 10.0 Å². The van der Waals surface area contributed by atoms with Crippen molar-refractivity contribution < 1.29 is 17.9 Å². The Labute approximate surface area is 247 Å². The molecule has 0 radical (unpaired) electrons. The van der Waals surface area contributed by atoms with Crippen LogP contribution in [0.5, 0.6) is 11.5 Å². The molecule has 206 valence electrons. The molecule has 1 N–H and O–H groups in total. The molecule has 0 aromatic heterocycles. The van der Waals surface area contributed by atoms with Gasteiger partial charge in [0.25, 0.3) is 15.9 Å². The summed E-state index contributed by atoms with van der Waals surface area (Å²) >= 11 is 18.7. The molecule has 0 aliphatic carbocycles. The van der Waals surface area contributed by atoms with Crippen molar-refractivity contribution in [1.82, 2.24) is 4.90 Å². The van der Waals surface area contributed by atoms with E-state index in [2.05, 4.69) is 9.62 Å². The molecule has 0 atom stereocenters. The molecule has 7 nitrogen and oxygen atoms in total. The Morgan fingerprint density at radius 2 is 1.43 bits per heavy atom. The smallest absolute Gasteiger partial charge is 0.261 e. The van der Waals surface area contributed by atoms with Crippen LogP contribution in [0.1, 0.15) is 10.4 Å². The van der Waals surface area contributed by atoms with Gasteiger partial charge in [0.05, 0.1) is 31.9 Å². The van der Waals surface area contributed by atoms with Gasteiger partial charge in [0.2, 0.25) is 0 Å². The highest BCUT2D eigenvalue weighted by Crippen LogP contribution is 2.31. The van der Waals surface area contributed by atoms with E-state index in [0.29, 0.717) is 52.7 Å². The number of nitrogens with one attached hydrogen (secondary N) is 1. The minimum atomic E-state index is -4.03. The standard InChI is InChI=1S/C29H24Cl3N3O4S/c30-20-9-14-26(23(19-20)29(36)35-17-15-34(16-18-35)27-7-3-1-5-24(27)31)33-40(37,38)22-12-10-21(11-13-22)39-28-8-4-2-6-25(28)32/h1-14,19,33H,15-18H2. The lowest BCUT2D eigenvalue weighted by molar-refractivity contribution is 0.0748. The number of sulfonamides is 1. The maximum absolute atomic E-state index is 13.5. The molecule has 4 aromatic rings.